The molecular weight excluding hydrogens is 556 g/mol. The standard InChI is InChI=1S/C31H46N4O8/c1-31(2,3)43-30(40)34-17-14-22(15-18-34)12-13-26(36)35-16-8-11-24(20-35)27(37)32-19-25(28(38)41-4)33-29(39)42-21-23-9-6-5-7-10-23/h5-7,9-10,22,24-25H,8,11-21H2,1-4H3,(H,32,37)(H,33,39)/t24-,25-/m0/s1. The van der Waals surface area contributed by atoms with E-state index in [1.165, 1.54) is 7.11 Å². The minimum absolute atomic E-state index is 0.0161. The predicted molar refractivity (Wildman–Crippen MR) is 158 cm³/mol. The molecule has 2 heterocycles. The maximum Gasteiger partial charge on any atom is 0.410 e. The molecule has 0 aliphatic carbocycles. The number of esters is 1. The Balaban J connectivity index is 1.40. The molecule has 2 aliphatic heterocycles. The molecule has 2 fully saturated rings. The van der Waals surface area contributed by atoms with Gasteiger partial charge in [-0.1, -0.05) is 30.3 Å². The van der Waals surface area contributed by atoms with Gasteiger partial charge in [0.2, 0.25) is 11.8 Å². The highest BCUT2D eigenvalue weighted by atomic mass is 16.6. The zero-order valence-electron chi connectivity index (χ0n) is 25.8. The van der Waals surface area contributed by atoms with Crippen molar-refractivity contribution in [3.05, 3.63) is 35.9 Å². The fraction of sp³-hybridized carbons (Fsp3) is 0.645. The Kier molecular flexibility index (Phi) is 12.6. The van der Waals surface area contributed by atoms with E-state index >= 15 is 0 Å². The summed E-state index contributed by atoms with van der Waals surface area (Å²) in [6.45, 7) is 7.54. The summed E-state index contributed by atoms with van der Waals surface area (Å²) in [4.78, 5) is 66.2. The third-order valence-electron chi connectivity index (χ3n) is 7.65. The number of piperidine rings is 2. The van der Waals surface area contributed by atoms with Crippen LogP contribution in [0.2, 0.25) is 0 Å². The highest BCUT2D eigenvalue weighted by molar-refractivity contribution is 5.84. The second kappa shape index (κ2) is 16.1. The van der Waals surface area contributed by atoms with E-state index in [1.54, 1.807) is 21.9 Å². The number of hydrogen-bond donors (Lipinski definition) is 2. The van der Waals surface area contributed by atoms with Gasteiger partial charge in [-0.05, 0) is 64.4 Å². The topological polar surface area (TPSA) is 144 Å². The van der Waals surface area contributed by atoms with E-state index in [0.29, 0.717) is 51.4 Å². The number of alkyl carbamates (subject to hydrolysis) is 1. The number of hydrogen-bond acceptors (Lipinski definition) is 8. The number of ether oxygens (including phenoxy) is 3. The van der Waals surface area contributed by atoms with Crippen molar-refractivity contribution >= 4 is 30.0 Å². The summed E-state index contributed by atoms with van der Waals surface area (Å²) in [6, 6.07) is 7.98. The third-order valence-corrected chi connectivity index (χ3v) is 7.65. The highest BCUT2D eigenvalue weighted by Crippen LogP contribution is 2.25. The van der Waals surface area contributed by atoms with E-state index < -0.39 is 29.6 Å². The lowest BCUT2D eigenvalue weighted by molar-refractivity contribution is -0.143. The van der Waals surface area contributed by atoms with Crippen molar-refractivity contribution in [3.8, 4) is 0 Å². The van der Waals surface area contributed by atoms with Crippen LogP contribution in [0.5, 0.6) is 0 Å². The molecule has 2 saturated heterocycles. The van der Waals surface area contributed by atoms with Gasteiger partial charge in [0.25, 0.3) is 0 Å². The molecule has 2 aliphatic rings. The average Bonchev–Trinajstić information content (AvgIpc) is 3.00. The van der Waals surface area contributed by atoms with Crippen molar-refractivity contribution in [1.82, 2.24) is 20.4 Å². The number of benzene rings is 1. The van der Waals surface area contributed by atoms with Crippen LogP contribution in [0.3, 0.4) is 0 Å². The fourth-order valence-corrected chi connectivity index (χ4v) is 5.22. The minimum Gasteiger partial charge on any atom is -0.467 e. The minimum atomic E-state index is -1.12. The number of nitrogens with zero attached hydrogens (tertiary/aromatic N) is 2. The Morgan fingerprint density at radius 3 is 2.33 bits per heavy atom. The number of carbonyl (C=O) groups excluding carboxylic acids is 5. The van der Waals surface area contributed by atoms with Gasteiger partial charge in [0, 0.05) is 39.1 Å². The molecule has 2 atom stereocenters. The van der Waals surface area contributed by atoms with E-state index in [4.69, 9.17) is 14.2 Å². The van der Waals surface area contributed by atoms with E-state index in [-0.39, 0.29) is 31.1 Å². The molecule has 12 heteroatoms. The number of carbonyl (C=O) groups is 5. The van der Waals surface area contributed by atoms with Gasteiger partial charge in [-0.3, -0.25) is 9.59 Å². The van der Waals surface area contributed by atoms with E-state index in [0.717, 1.165) is 24.8 Å². The third kappa shape index (κ3) is 11.4. The average molecular weight is 603 g/mol. The van der Waals surface area contributed by atoms with Crippen molar-refractivity contribution in [2.75, 3.05) is 39.8 Å². The molecule has 43 heavy (non-hydrogen) atoms. The predicted octanol–water partition coefficient (Wildman–Crippen LogP) is 3.24. The summed E-state index contributed by atoms with van der Waals surface area (Å²) in [5, 5.41) is 5.17. The number of rotatable bonds is 10. The number of methoxy groups -OCH3 is 1. The lowest BCUT2D eigenvalue weighted by Gasteiger charge is -2.34. The van der Waals surface area contributed by atoms with E-state index in [1.807, 2.05) is 39.0 Å². The summed E-state index contributed by atoms with van der Waals surface area (Å²) < 4.78 is 15.4. The van der Waals surface area contributed by atoms with Gasteiger partial charge in [0.05, 0.1) is 13.0 Å². The zero-order chi connectivity index (χ0) is 31.4. The first-order valence-electron chi connectivity index (χ1n) is 15.0. The molecule has 0 unspecified atom stereocenters. The summed E-state index contributed by atoms with van der Waals surface area (Å²) in [5.74, 6) is -1.05. The first kappa shape index (κ1) is 33.7. The van der Waals surface area contributed by atoms with Crippen LogP contribution >= 0.6 is 0 Å². The van der Waals surface area contributed by atoms with Gasteiger partial charge in [0.1, 0.15) is 18.2 Å². The quantitative estimate of drug-likeness (QED) is 0.307. The van der Waals surface area contributed by atoms with Crippen molar-refractivity contribution in [1.29, 1.82) is 0 Å². The van der Waals surface area contributed by atoms with Crippen molar-refractivity contribution in [2.24, 2.45) is 11.8 Å². The van der Waals surface area contributed by atoms with Crippen molar-refractivity contribution in [3.63, 3.8) is 0 Å². The lowest BCUT2D eigenvalue weighted by Crippen LogP contribution is -2.51. The van der Waals surface area contributed by atoms with E-state index in [2.05, 4.69) is 10.6 Å². The van der Waals surface area contributed by atoms with Crippen LogP contribution in [-0.2, 0) is 35.2 Å². The highest BCUT2D eigenvalue weighted by Gasteiger charge is 2.31. The van der Waals surface area contributed by atoms with Crippen LogP contribution in [0.25, 0.3) is 0 Å². The van der Waals surface area contributed by atoms with Crippen LogP contribution in [-0.4, -0.2) is 91.2 Å². The molecule has 3 rings (SSSR count). The zero-order valence-corrected chi connectivity index (χ0v) is 25.8. The SMILES string of the molecule is COC(=O)[C@H](CNC(=O)[C@H]1CCCN(C(=O)CCC2CCN(C(=O)OC(C)(C)C)CC2)C1)NC(=O)OCc1ccccc1. The Labute approximate surface area is 253 Å². The largest absolute Gasteiger partial charge is 0.467 e. The molecular formula is C31H46N4O8. The lowest BCUT2D eigenvalue weighted by atomic mass is 9.91. The smallest absolute Gasteiger partial charge is 0.410 e. The van der Waals surface area contributed by atoms with Gasteiger partial charge < -0.3 is 34.6 Å². The molecule has 0 bridgehead atoms. The maximum absolute atomic E-state index is 13.0. The van der Waals surface area contributed by atoms with Gasteiger partial charge in [-0.2, -0.15) is 0 Å². The van der Waals surface area contributed by atoms with E-state index in [9.17, 15) is 24.0 Å². The van der Waals surface area contributed by atoms with Crippen molar-refractivity contribution < 1.29 is 38.2 Å². The number of amides is 4. The molecule has 1 aromatic carbocycles. The second-order valence-corrected chi connectivity index (χ2v) is 12.2. The van der Waals surface area contributed by atoms with Crippen LogP contribution < -0.4 is 10.6 Å². The van der Waals surface area contributed by atoms with Crippen LogP contribution in [0.4, 0.5) is 9.59 Å². The van der Waals surface area contributed by atoms with Crippen LogP contribution in [0.1, 0.15) is 64.9 Å². The molecule has 1 aromatic rings. The Morgan fingerprint density at radius 2 is 1.67 bits per heavy atom. The van der Waals surface area contributed by atoms with Gasteiger partial charge in [-0.25, -0.2) is 14.4 Å². The molecule has 0 saturated carbocycles. The first-order chi connectivity index (χ1) is 20.4. The van der Waals surface area contributed by atoms with Gasteiger partial charge in [-0.15, -0.1) is 0 Å². The summed E-state index contributed by atoms with van der Waals surface area (Å²) in [5.41, 5.74) is 0.265. The van der Waals surface area contributed by atoms with Crippen LogP contribution in [0.15, 0.2) is 30.3 Å². The van der Waals surface area contributed by atoms with Gasteiger partial charge in [0.15, 0.2) is 0 Å². The summed E-state index contributed by atoms with van der Waals surface area (Å²) in [7, 11) is 1.20. The second-order valence-electron chi connectivity index (χ2n) is 12.2. The normalized spacial score (nSPS) is 18.3. The monoisotopic (exact) mass is 602 g/mol. The Hall–Kier alpha value is -3.83. The number of nitrogens with one attached hydrogen (secondary N) is 2. The molecule has 2 N–H and O–H groups in total. The molecule has 238 valence electrons. The Morgan fingerprint density at radius 1 is 0.977 bits per heavy atom. The Bertz CT molecular complexity index is 1100. The molecule has 0 spiro atoms. The van der Waals surface area contributed by atoms with Gasteiger partial charge >= 0.3 is 18.2 Å². The summed E-state index contributed by atoms with van der Waals surface area (Å²) in [6.07, 6.45) is 3.00. The molecule has 12 nitrogen and oxygen atoms in total. The fourth-order valence-electron chi connectivity index (χ4n) is 5.22. The molecule has 0 aromatic heterocycles. The molecule has 4 amide bonds. The summed E-state index contributed by atoms with van der Waals surface area (Å²) >= 11 is 0. The van der Waals surface area contributed by atoms with Crippen LogP contribution in [0, 0.1) is 11.8 Å². The first-order valence-corrected chi connectivity index (χ1v) is 15.0. The van der Waals surface area contributed by atoms with Crippen molar-refractivity contribution in [2.45, 2.75) is 77.5 Å². The molecule has 0 radical (unpaired) electrons. The number of likely N-dealkylation sites (tertiary alicyclic amines) is 2. The maximum atomic E-state index is 13.0.